The van der Waals surface area contributed by atoms with E-state index in [4.69, 9.17) is 0 Å². The Hall–Kier alpha value is -2.12. The second-order valence-electron chi connectivity index (χ2n) is 6.68. The third kappa shape index (κ3) is 3.93. The first kappa shape index (κ1) is 16.4. The Morgan fingerprint density at radius 2 is 2.12 bits per heavy atom. The van der Waals surface area contributed by atoms with Gasteiger partial charge in [0.05, 0.1) is 23.1 Å². The topological polar surface area (TPSA) is 59.7 Å². The molecule has 3 aromatic heterocycles. The van der Waals surface area contributed by atoms with Crippen molar-refractivity contribution in [3.05, 3.63) is 47.1 Å². The number of rotatable bonds is 5. The second kappa shape index (κ2) is 7.41. The van der Waals surface area contributed by atoms with Crippen LogP contribution in [-0.4, -0.2) is 42.5 Å². The van der Waals surface area contributed by atoms with Gasteiger partial charge in [-0.3, -0.25) is 9.88 Å². The van der Waals surface area contributed by atoms with Gasteiger partial charge in [-0.25, -0.2) is 15.0 Å². The van der Waals surface area contributed by atoms with Gasteiger partial charge in [0, 0.05) is 44.1 Å². The molecule has 25 heavy (non-hydrogen) atoms. The third-order valence-electron chi connectivity index (χ3n) is 4.73. The Kier molecular flexibility index (Phi) is 4.85. The van der Waals surface area contributed by atoms with E-state index in [1.165, 1.54) is 18.5 Å². The Bertz CT molecular complexity index is 795. The third-order valence-corrected chi connectivity index (χ3v) is 5.36. The van der Waals surface area contributed by atoms with Crippen LogP contribution in [0.15, 0.2) is 35.7 Å². The minimum atomic E-state index is 0.640. The summed E-state index contributed by atoms with van der Waals surface area (Å²) in [7, 11) is 1.97. The van der Waals surface area contributed by atoms with Gasteiger partial charge in [-0.1, -0.05) is 0 Å². The molecule has 0 spiro atoms. The van der Waals surface area contributed by atoms with E-state index in [1.54, 1.807) is 17.5 Å². The molecular weight excluding hydrogens is 332 g/mol. The first-order valence-corrected chi connectivity index (χ1v) is 9.60. The summed E-state index contributed by atoms with van der Waals surface area (Å²) >= 11 is 1.67. The van der Waals surface area contributed by atoms with Crippen molar-refractivity contribution in [1.29, 1.82) is 0 Å². The fraction of sp³-hybridized carbons (Fsp3) is 0.444. The van der Waals surface area contributed by atoms with Crippen LogP contribution < -0.4 is 0 Å². The summed E-state index contributed by atoms with van der Waals surface area (Å²) in [5, 5.41) is 2.14. The van der Waals surface area contributed by atoms with Crippen molar-refractivity contribution < 1.29 is 0 Å². The zero-order valence-corrected chi connectivity index (χ0v) is 15.2. The maximum atomic E-state index is 4.63. The molecule has 3 aromatic rings. The lowest BCUT2D eigenvalue weighted by atomic mass is 9.93. The predicted octanol–water partition coefficient (Wildman–Crippen LogP) is 2.79. The molecule has 0 N–H and O–H groups in total. The lowest BCUT2D eigenvalue weighted by Gasteiger charge is -2.32. The first-order valence-electron chi connectivity index (χ1n) is 8.66. The van der Waals surface area contributed by atoms with Crippen LogP contribution in [-0.2, 0) is 20.0 Å². The summed E-state index contributed by atoms with van der Waals surface area (Å²) in [4.78, 5) is 20.4. The van der Waals surface area contributed by atoms with Crippen LogP contribution in [0.2, 0.25) is 0 Å². The molecule has 1 aliphatic rings. The SMILES string of the molecule is Cn1ccnc1-c1cnc(CC2CCCN(Cc3cscn3)C2)cn1. The monoisotopic (exact) mass is 354 g/mol. The molecule has 1 fully saturated rings. The maximum Gasteiger partial charge on any atom is 0.159 e. The van der Waals surface area contributed by atoms with E-state index in [9.17, 15) is 0 Å². The Morgan fingerprint density at radius 1 is 1.16 bits per heavy atom. The molecule has 7 heteroatoms. The lowest BCUT2D eigenvalue weighted by Crippen LogP contribution is -2.35. The van der Waals surface area contributed by atoms with Crippen molar-refractivity contribution in [3.8, 4) is 11.5 Å². The molecule has 6 nitrogen and oxygen atoms in total. The largest absolute Gasteiger partial charge is 0.333 e. The number of piperidine rings is 1. The van der Waals surface area contributed by atoms with Crippen molar-refractivity contribution >= 4 is 11.3 Å². The summed E-state index contributed by atoms with van der Waals surface area (Å²) < 4.78 is 1.96. The summed E-state index contributed by atoms with van der Waals surface area (Å²) in [6.45, 7) is 3.24. The summed E-state index contributed by atoms with van der Waals surface area (Å²) in [5.41, 5.74) is 4.99. The minimum Gasteiger partial charge on any atom is -0.333 e. The van der Waals surface area contributed by atoms with Crippen LogP contribution in [0.4, 0.5) is 0 Å². The number of thiazole rings is 1. The second-order valence-corrected chi connectivity index (χ2v) is 7.40. The van der Waals surface area contributed by atoms with Crippen molar-refractivity contribution in [2.45, 2.75) is 25.8 Å². The summed E-state index contributed by atoms with van der Waals surface area (Å²) in [6.07, 6.45) is 10.9. The fourth-order valence-corrected chi connectivity index (χ4v) is 4.04. The number of nitrogens with zero attached hydrogens (tertiary/aromatic N) is 6. The minimum absolute atomic E-state index is 0.640. The van der Waals surface area contributed by atoms with Crippen molar-refractivity contribution in [1.82, 2.24) is 29.4 Å². The number of hydrogen-bond acceptors (Lipinski definition) is 6. The summed E-state index contributed by atoms with van der Waals surface area (Å²) in [5.74, 6) is 1.49. The highest BCUT2D eigenvalue weighted by Gasteiger charge is 2.21. The number of hydrogen-bond donors (Lipinski definition) is 0. The molecule has 0 bridgehead atoms. The molecule has 1 aliphatic heterocycles. The molecule has 4 rings (SSSR count). The van der Waals surface area contributed by atoms with Crippen LogP contribution in [0.1, 0.15) is 24.2 Å². The molecule has 0 aliphatic carbocycles. The number of imidazole rings is 1. The highest BCUT2D eigenvalue weighted by atomic mass is 32.1. The highest BCUT2D eigenvalue weighted by molar-refractivity contribution is 7.07. The molecule has 1 unspecified atom stereocenters. The van der Waals surface area contributed by atoms with Gasteiger partial charge in [0.1, 0.15) is 5.69 Å². The number of aromatic nitrogens is 5. The Balaban J connectivity index is 1.37. The molecular formula is C18H22N6S. The number of aryl methyl sites for hydroxylation is 1. The van der Waals surface area contributed by atoms with Gasteiger partial charge in [-0.15, -0.1) is 11.3 Å². The van der Waals surface area contributed by atoms with E-state index in [-0.39, 0.29) is 0 Å². The standard InChI is InChI=1S/C18H22N6S/c1-23-6-4-19-18(23)17-9-20-15(8-21-17)7-14-3-2-5-24(10-14)11-16-12-25-13-22-16/h4,6,8-9,12-14H,2-3,5,7,10-11H2,1H3. The molecule has 1 atom stereocenters. The van der Waals surface area contributed by atoms with Gasteiger partial charge in [0.15, 0.2) is 5.82 Å². The fourth-order valence-electron chi connectivity index (χ4n) is 3.49. The molecule has 0 amide bonds. The van der Waals surface area contributed by atoms with Crippen LogP contribution in [0.3, 0.4) is 0 Å². The van der Waals surface area contributed by atoms with Crippen LogP contribution in [0.25, 0.3) is 11.5 Å². The van der Waals surface area contributed by atoms with E-state index in [2.05, 4.69) is 30.2 Å². The Morgan fingerprint density at radius 3 is 2.84 bits per heavy atom. The van der Waals surface area contributed by atoms with Gasteiger partial charge in [0.25, 0.3) is 0 Å². The zero-order chi connectivity index (χ0) is 17.1. The van der Waals surface area contributed by atoms with Gasteiger partial charge < -0.3 is 4.57 Å². The molecule has 0 saturated carbocycles. The number of likely N-dealkylation sites (tertiary alicyclic amines) is 1. The van der Waals surface area contributed by atoms with Crippen molar-refractivity contribution in [2.24, 2.45) is 13.0 Å². The average Bonchev–Trinajstić information content (AvgIpc) is 3.28. The summed E-state index contributed by atoms with van der Waals surface area (Å²) in [6, 6.07) is 0. The van der Waals surface area contributed by atoms with Crippen molar-refractivity contribution in [2.75, 3.05) is 13.1 Å². The van der Waals surface area contributed by atoms with Crippen LogP contribution >= 0.6 is 11.3 Å². The molecule has 1 saturated heterocycles. The smallest absolute Gasteiger partial charge is 0.159 e. The lowest BCUT2D eigenvalue weighted by molar-refractivity contribution is 0.165. The Labute approximate surface area is 151 Å². The highest BCUT2D eigenvalue weighted by Crippen LogP contribution is 2.22. The molecule has 4 heterocycles. The van der Waals surface area contributed by atoms with Gasteiger partial charge in [0.2, 0.25) is 0 Å². The predicted molar refractivity (Wildman–Crippen MR) is 98.1 cm³/mol. The zero-order valence-electron chi connectivity index (χ0n) is 14.4. The van der Waals surface area contributed by atoms with E-state index < -0.39 is 0 Å². The van der Waals surface area contributed by atoms with E-state index >= 15 is 0 Å². The molecule has 0 aromatic carbocycles. The van der Waals surface area contributed by atoms with E-state index in [0.717, 1.165) is 43.3 Å². The molecule has 130 valence electrons. The van der Waals surface area contributed by atoms with E-state index in [1.807, 2.05) is 35.7 Å². The van der Waals surface area contributed by atoms with Crippen LogP contribution in [0, 0.1) is 5.92 Å². The quantitative estimate of drug-likeness (QED) is 0.705. The maximum absolute atomic E-state index is 4.63. The average molecular weight is 354 g/mol. The van der Waals surface area contributed by atoms with Crippen molar-refractivity contribution in [3.63, 3.8) is 0 Å². The van der Waals surface area contributed by atoms with E-state index in [0.29, 0.717) is 5.92 Å². The van der Waals surface area contributed by atoms with Gasteiger partial charge in [-0.2, -0.15) is 0 Å². The first-order chi connectivity index (χ1) is 12.3. The normalized spacial score (nSPS) is 18.5. The van der Waals surface area contributed by atoms with Crippen LogP contribution in [0.5, 0.6) is 0 Å². The van der Waals surface area contributed by atoms with Gasteiger partial charge >= 0.3 is 0 Å². The van der Waals surface area contributed by atoms with Gasteiger partial charge in [-0.05, 0) is 31.7 Å². The molecule has 0 radical (unpaired) electrons.